The minimum Gasteiger partial charge on any atom is -0.332 e. The molecule has 0 N–H and O–H groups in total. The van der Waals surface area contributed by atoms with Gasteiger partial charge in [0.2, 0.25) is 5.82 Å². The summed E-state index contributed by atoms with van der Waals surface area (Å²) in [6, 6.07) is 5.32. The van der Waals surface area contributed by atoms with Gasteiger partial charge in [-0.05, 0) is 12.1 Å². The van der Waals surface area contributed by atoms with Crippen LogP contribution in [0.2, 0.25) is 0 Å². The summed E-state index contributed by atoms with van der Waals surface area (Å²) in [5.41, 5.74) is 2.73. The van der Waals surface area contributed by atoms with Gasteiger partial charge in [-0.1, -0.05) is 5.16 Å². The van der Waals surface area contributed by atoms with Gasteiger partial charge in [0.1, 0.15) is 11.8 Å². The van der Waals surface area contributed by atoms with Crippen molar-refractivity contribution >= 4 is 11.3 Å². The number of hydrogen-bond acceptors (Lipinski definition) is 7. The van der Waals surface area contributed by atoms with Crippen LogP contribution >= 0.6 is 11.3 Å². The quantitative estimate of drug-likeness (QED) is 0.696. The summed E-state index contributed by atoms with van der Waals surface area (Å²) in [4.78, 5) is 13.1. The molecule has 7 heteroatoms. The molecule has 0 aliphatic heterocycles. The van der Waals surface area contributed by atoms with Crippen LogP contribution < -0.4 is 0 Å². The minimum absolute atomic E-state index is 0.322. The van der Waals surface area contributed by atoms with Crippen molar-refractivity contribution in [1.29, 1.82) is 5.26 Å². The fourth-order valence-corrected chi connectivity index (χ4v) is 1.89. The van der Waals surface area contributed by atoms with Crippen molar-refractivity contribution < 1.29 is 4.52 Å². The fourth-order valence-electron chi connectivity index (χ4n) is 1.34. The Kier molecular flexibility index (Phi) is 2.55. The number of rotatable bonds is 2. The summed E-state index contributed by atoms with van der Waals surface area (Å²) in [5.74, 6) is 0.807. The van der Waals surface area contributed by atoms with Crippen LogP contribution in [0.3, 0.4) is 0 Å². The maximum absolute atomic E-state index is 8.68. The van der Waals surface area contributed by atoms with E-state index in [0.717, 1.165) is 4.88 Å². The molecule has 0 aromatic carbocycles. The van der Waals surface area contributed by atoms with Crippen molar-refractivity contribution in [2.24, 2.45) is 0 Å². The van der Waals surface area contributed by atoms with Crippen LogP contribution in [-0.4, -0.2) is 20.1 Å². The van der Waals surface area contributed by atoms with Gasteiger partial charge in [0.05, 0.1) is 16.0 Å². The Labute approximate surface area is 106 Å². The van der Waals surface area contributed by atoms with Crippen molar-refractivity contribution in [3.8, 4) is 28.4 Å². The van der Waals surface area contributed by atoms with Crippen LogP contribution in [-0.2, 0) is 0 Å². The molecular formula is C11H5N5OS. The van der Waals surface area contributed by atoms with Crippen molar-refractivity contribution in [2.75, 3.05) is 0 Å². The number of aromatic nitrogens is 4. The minimum atomic E-state index is 0.322. The normalized spacial score (nSPS) is 10.2. The molecule has 0 aliphatic rings. The zero-order valence-electron chi connectivity index (χ0n) is 8.94. The summed E-state index contributed by atoms with van der Waals surface area (Å²) >= 11 is 1.43. The third-order valence-electron chi connectivity index (χ3n) is 2.19. The first-order valence-electron chi connectivity index (χ1n) is 4.96. The van der Waals surface area contributed by atoms with E-state index in [-0.39, 0.29) is 0 Å². The Hall–Kier alpha value is -2.59. The first-order chi connectivity index (χ1) is 8.86. The van der Waals surface area contributed by atoms with Crippen LogP contribution in [0.25, 0.3) is 22.3 Å². The Morgan fingerprint density at radius 2 is 2.22 bits per heavy atom. The molecule has 3 heterocycles. The highest BCUT2D eigenvalue weighted by molar-refractivity contribution is 7.13. The predicted octanol–water partition coefficient (Wildman–Crippen LogP) is 2.13. The van der Waals surface area contributed by atoms with E-state index in [4.69, 9.17) is 9.78 Å². The zero-order chi connectivity index (χ0) is 12.4. The average Bonchev–Trinajstić information content (AvgIpc) is 3.09. The van der Waals surface area contributed by atoms with E-state index >= 15 is 0 Å². The molecule has 86 valence electrons. The lowest BCUT2D eigenvalue weighted by Crippen LogP contribution is -1.84. The maximum Gasteiger partial charge on any atom is 0.276 e. The third kappa shape index (κ3) is 1.85. The molecule has 3 rings (SSSR count). The van der Waals surface area contributed by atoms with Gasteiger partial charge >= 0.3 is 0 Å². The van der Waals surface area contributed by atoms with E-state index in [9.17, 15) is 0 Å². The molecule has 0 fully saturated rings. The van der Waals surface area contributed by atoms with Crippen LogP contribution in [0.1, 0.15) is 5.56 Å². The lowest BCUT2D eigenvalue weighted by atomic mass is 10.3. The Bertz CT molecular complexity index is 696. The van der Waals surface area contributed by atoms with E-state index in [2.05, 4.69) is 20.1 Å². The second-order valence-corrected chi connectivity index (χ2v) is 4.22. The molecule has 0 unspecified atom stereocenters. The second kappa shape index (κ2) is 4.35. The predicted molar refractivity (Wildman–Crippen MR) is 63.4 cm³/mol. The lowest BCUT2D eigenvalue weighted by molar-refractivity contribution is 0.431. The van der Waals surface area contributed by atoms with Crippen molar-refractivity contribution in [2.45, 2.75) is 0 Å². The van der Waals surface area contributed by atoms with Crippen molar-refractivity contribution in [3.05, 3.63) is 35.6 Å². The molecule has 0 bridgehead atoms. The van der Waals surface area contributed by atoms with Gasteiger partial charge in [0.15, 0.2) is 0 Å². The standard InChI is InChI=1S/C11H5N5OS/c12-3-7-1-2-8(14-4-7)11-15-10(16-17-11)9-5-13-6-18-9/h1-2,4-6H. The molecular weight excluding hydrogens is 250 g/mol. The summed E-state index contributed by atoms with van der Waals surface area (Å²) in [6.45, 7) is 0. The highest BCUT2D eigenvalue weighted by atomic mass is 32.1. The maximum atomic E-state index is 8.68. The van der Waals surface area contributed by atoms with Crippen LogP contribution in [0, 0.1) is 11.3 Å². The summed E-state index contributed by atoms with van der Waals surface area (Å²) in [7, 11) is 0. The van der Waals surface area contributed by atoms with Gasteiger partial charge in [0.25, 0.3) is 5.89 Å². The average molecular weight is 255 g/mol. The molecule has 3 aromatic rings. The number of thiazole rings is 1. The van der Waals surface area contributed by atoms with E-state index in [0.29, 0.717) is 23.0 Å². The van der Waals surface area contributed by atoms with Gasteiger partial charge in [-0.3, -0.25) is 4.98 Å². The molecule has 18 heavy (non-hydrogen) atoms. The summed E-state index contributed by atoms with van der Waals surface area (Å²) in [5, 5.41) is 12.5. The molecule has 0 atom stereocenters. The van der Waals surface area contributed by atoms with Crippen LogP contribution in [0.4, 0.5) is 0 Å². The van der Waals surface area contributed by atoms with E-state index in [1.54, 1.807) is 23.8 Å². The summed E-state index contributed by atoms with van der Waals surface area (Å²) in [6.07, 6.45) is 3.14. The number of nitriles is 1. The molecule has 0 spiro atoms. The fraction of sp³-hybridized carbons (Fsp3) is 0. The number of hydrogen-bond donors (Lipinski definition) is 0. The molecule has 6 nitrogen and oxygen atoms in total. The van der Waals surface area contributed by atoms with Crippen LogP contribution in [0.15, 0.2) is 34.6 Å². The topological polar surface area (TPSA) is 88.5 Å². The molecule has 0 aliphatic carbocycles. The second-order valence-electron chi connectivity index (χ2n) is 3.33. The summed E-state index contributed by atoms with van der Waals surface area (Å²) < 4.78 is 5.12. The Morgan fingerprint density at radius 3 is 2.89 bits per heavy atom. The SMILES string of the molecule is N#Cc1ccc(-c2nc(-c3cncs3)no2)nc1. The van der Waals surface area contributed by atoms with Crippen molar-refractivity contribution in [3.63, 3.8) is 0 Å². The Balaban J connectivity index is 1.95. The lowest BCUT2D eigenvalue weighted by Gasteiger charge is -1.91. The highest BCUT2D eigenvalue weighted by Crippen LogP contribution is 2.23. The molecule has 3 aromatic heterocycles. The number of pyridine rings is 1. The Morgan fingerprint density at radius 1 is 1.28 bits per heavy atom. The molecule has 0 radical (unpaired) electrons. The zero-order valence-corrected chi connectivity index (χ0v) is 9.76. The van der Waals surface area contributed by atoms with Crippen molar-refractivity contribution in [1.82, 2.24) is 20.1 Å². The molecule has 0 saturated carbocycles. The third-order valence-corrected chi connectivity index (χ3v) is 2.96. The van der Waals surface area contributed by atoms with Crippen LogP contribution in [0.5, 0.6) is 0 Å². The first kappa shape index (κ1) is 10.6. The highest BCUT2D eigenvalue weighted by Gasteiger charge is 2.12. The van der Waals surface area contributed by atoms with E-state index < -0.39 is 0 Å². The first-order valence-corrected chi connectivity index (χ1v) is 5.84. The largest absolute Gasteiger partial charge is 0.332 e. The van der Waals surface area contributed by atoms with Gasteiger partial charge in [0, 0.05) is 12.4 Å². The smallest absolute Gasteiger partial charge is 0.276 e. The number of nitrogens with zero attached hydrogens (tertiary/aromatic N) is 5. The van der Waals surface area contributed by atoms with Gasteiger partial charge < -0.3 is 4.52 Å². The van der Waals surface area contributed by atoms with Gasteiger partial charge in [-0.15, -0.1) is 11.3 Å². The van der Waals surface area contributed by atoms with E-state index in [1.807, 2.05) is 6.07 Å². The van der Waals surface area contributed by atoms with Gasteiger partial charge in [-0.25, -0.2) is 4.98 Å². The molecule has 0 amide bonds. The van der Waals surface area contributed by atoms with E-state index in [1.165, 1.54) is 17.5 Å². The monoisotopic (exact) mass is 255 g/mol. The molecule has 0 saturated heterocycles. The van der Waals surface area contributed by atoms with Gasteiger partial charge in [-0.2, -0.15) is 10.2 Å².